The Bertz CT molecular complexity index is 711. The van der Waals surface area contributed by atoms with Gasteiger partial charge in [0.05, 0.1) is 6.54 Å². The number of aryl methyl sites for hydroxylation is 2. The first-order chi connectivity index (χ1) is 12.1. The Balaban J connectivity index is 1.60. The highest BCUT2D eigenvalue weighted by Crippen LogP contribution is 2.20. The van der Waals surface area contributed by atoms with Crippen molar-refractivity contribution in [2.24, 2.45) is 0 Å². The standard InChI is InChI=1S/C17H25N5O3/c1-4-21(11-16-18-13(3)25-20-16)14-6-5-8-22(9-7-14)17(23)15-10-12(2)24-19-15/h10,14H,4-9,11H2,1-3H3. The molecule has 3 rings (SSSR count). The van der Waals surface area contributed by atoms with Crippen LogP contribution in [0, 0.1) is 13.8 Å². The third-order valence-electron chi connectivity index (χ3n) is 4.67. The highest BCUT2D eigenvalue weighted by Gasteiger charge is 2.26. The number of hydrogen-bond acceptors (Lipinski definition) is 7. The Morgan fingerprint density at radius 2 is 2.12 bits per heavy atom. The van der Waals surface area contributed by atoms with Crippen molar-refractivity contribution < 1.29 is 13.8 Å². The molecule has 8 heteroatoms. The number of aromatic nitrogens is 3. The van der Waals surface area contributed by atoms with Gasteiger partial charge in [-0.1, -0.05) is 17.2 Å². The van der Waals surface area contributed by atoms with Gasteiger partial charge in [0.1, 0.15) is 5.76 Å². The zero-order chi connectivity index (χ0) is 17.8. The minimum Gasteiger partial charge on any atom is -0.361 e. The van der Waals surface area contributed by atoms with E-state index in [0.29, 0.717) is 29.9 Å². The van der Waals surface area contributed by atoms with E-state index in [0.717, 1.165) is 44.7 Å². The van der Waals surface area contributed by atoms with Crippen LogP contribution in [0.3, 0.4) is 0 Å². The van der Waals surface area contributed by atoms with Crippen molar-refractivity contribution in [2.45, 2.75) is 52.6 Å². The second kappa shape index (κ2) is 7.77. The molecule has 0 aromatic carbocycles. The minimum absolute atomic E-state index is 0.0469. The summed E-state index contributed by atoms with van der Waals surface area (Å²) in [6.07, 6.45) is 2.94. The molecule has 2 aromatic heterocycles. The summed E-state index contributed by atoms with van der Waals surface area (Å²) in [7, 11) is 0. The second-order valence-corrected chi connectivity index (χ2v) is 6.49. The lowest BCUT2D eigenvalue weighted by molar-refractivity contribution is 0.0745. The van der Waals surface area contributed by atoms with Gasteiger partial charge in [-0.3, -0.25) is 9.69 Å². The molecular formula is C17H25N5O3. The molecule has 0 radical (unpaired) electrons. The molecule has 1 fully saturated rings. The van der Waals surface area contributed by atoms with E-state index in [-0.39, 0.29) is 5.91 Å². The number of nitrogens with zero attached hydrogens (tertiary/aromatic N) is 5. The molecule has 0 spiro atoms. The second-order valence-electron chi connectivity index (χ2n) is 6.49. The van der Waals surface area contributed by atoms with Crippen molar-refractivity contribution in [3.8, 4) is 0 Å². The van der Waals surface area contributed by atoms with Gasteiger partial charge in [0.2, 0.25) is 5.89 Å². The van der Waals surface area contributed by atoms with Gasteiger partial charge >= 0.3 is 0 Å². The number of likely N-dealkylation sites (tertiary alicyclic amines) is 1. The number of carbonyl (C=O) groups excluding carboxylic acids is 1. The van der Waals surface area contributed by atoms with Crippen molar-refractivity contribution in [2.75, 3.05) is 19.6 Å². The summed E-state index contributed by atoms with van der Waals surface area (Å²) in [4.78, 5) is 21.1. The number of hydrogen-bond donors (Lipinski definition) is 0. The molecular weight excluding hydrogens is 322 g/mol. The molecule has 136 valence electrons. The van der Waals surface area contributed by atoms with Crippen LogP contribution in [-0.4, -0.2) is 56.7 Å². The third kappa shape index (κ3) is 4.25. The predicted octanol–water partition coefficient (Wildman–Crippen LogP) is 2.19. The smallest absolute Gasteiger partial charge is 0.276 e. The van der Waals surface area contributed by atoms with Crippen molar-refractivity contribution in [1.29, 1.82) is 0 Å². The fraction of sp³-hybridized carbons (Fsp3) is 0.647. The fourth-order valence-corrected chi connectivity index (χ4v) is 3.36. The Hall–Kier alpha value is -2.22. The van der Waals surface area contributed by atoms with Crippen molar-refractivity contribution in [3.63, 3.8) is 0 Å². The van der Waals surface area contributed by atoms with Gasteiger partial charge in [-0.15, -0.1) is 0 Å². The lowest BCUT2D eigenvalue weighted by Gasteiger charge is -2.28. The van der Waals surface area contributed by atoms with E-state index in [1.807, 2.05) is 4.90 Å². The fourth-order valence-electron chi connectivity index (χ4n) is 3.36. The zero-order valence-corrected chi connectivity index (χ0v) is 15.1. The third-order valence-corrected chi connectivity index (χ3v) is 4.67. The zero-order valence-electron chi connectivity index (χ0n) is 15.1. The Labute approximate surface area is 147 Å². The van der Waals surface area contributed by atoms with Gasteiger partial charge < -0.3 is 13.9 Å². The first-order valence-corrected chi connectivity index (χ1v) is 8.82. The van der Waals surface area contributed by atoms with E-state index in [4.69, 9.17) is 9.05 Å². The van der Waals surface area contributed by atoms with Crippen LogP contribution in [0.2, 0.25) is 0 Å². The average molecular weight is 347 g/mol. The molecule has 1 saturated heterocycles. The van der Waals surface area contributed by atoms with Crippen LogP contribution in [0.15, 0.2) is 15.1 Å². The summed E-state index contributed by atoms with van der Waals surface area (Å²) in [6, 6.07) is 2.10. The molecule has 3 heterocycles. The van der Waals surface area contributed by atoms with Crippen LogP contribution in [0.5, 0.6) is 0 Å². The summed E-state index contributed by atoms with van der Waals surface area (Å²) < 4.78 is 10.1. The summed E-state index contributed by atoms with van der Waals surface area (Å²) in [6.45, 7) is 8.79. The summed E-state index contributed by atoms with van der Waals surface area (Å²) in [5.41, 5.74) is 0.394. The molecule has 0 aliphatic carbocycles. The lowest BCUT2D eigenvalue weighted by Crippen LogP contribution is -2.37. The van der Waals surface area contributed by atoms with E-state index >= 15 is 0 Å². The van der Waals surface area contributed by atoms with Gasteiger partial charge in [-0.25, -0.2) is 0 Å². The van der Waals surface area contributed by atoms with E-state index in [1.54, 1.807) is 19.9 Å². The molecule has 0 N–H and O–H groups in total. The quantitative estimate of drug-likeness (QED) is 0.819. The molecule has 0 saturated carbocycles. The number of rotatable bonds is 5. The van der Waals surface area contributed by atoms with Crippen LogP contribution in [0.25, 0.3) is 0 Å². The molecule has 2 aromatic rings. The van der Waals surface area contributed by atoms with E-state index in [9.17, 15) is 4.79 Å². The number of carbonyl (C=O) groups is 1. The molecule has 1 aliphatic rings. The minimum atomic E-state index is -0.0469. The first-order valence-electron chi connectivity index (χ1n) is 8.82. The van der Waals surface area contributed by atoms with Crippen LogP contribution >= 0.6 is 0 Å². The van der Waals surface area contributed by atoms with Crippen LogP contribution in [0.1, 0.15) is 54.2 Å². The van der Waals surface area contributed by atoms with Crippen molar-refractivity contribution in [3.05, 3.63) is 29.2 Å². The lowest BCUT2D eigenvalue weighted by atomic mass is 10.1. The molecule has 1 unspecified atom stereocenters. The van der Waals surface area contributed by atoms with Gasteiger partial charge in [0, 0.05) is 32.1 Å². The molecule has 1 aliphatic heterocycles. The molecule has 0 bridgehead atoms. The SMILES string of the molecule is CCN(Cc1noc(C)n1)C1CCCN(C(=O)c2cc(C)on2)CC1. The maximum atomic E-state index is 12.6. The van der Waals surface area contributed by atoms with Crippen LogP contribution < -0.4 is 0 Å². The van der Waals surface area contributed by atoms with E-state index in [1.165, 1.54) is 0 Å². The monoisotopic (exact) mass is 347 g/mol. The molecule has 25 heavy (non-hydrogen) atoms. The Kier molecular flexibility index (Phi) is 5.47. The normalized spacial score (nSPS) is 18.6. The highest BCUT2D eigenvalue weighted by molar-refractivity contribution is 5.92. The van der Waals surface area contributed by atoms with E-state index in [2.05, 4.69) is 27.1 Å². The molecule has 1 atom stereocenters. The Morgan fingerprint density at radius 1 is 1.28 bits per heavy atom. The highest BCUT2D eigenvalue weighted by atomic mass is 16.5. The van der Waals surface area contributed by atoms with Gasteiger partial charge in [0.15, 0.2) is 11.5 Å². The van der Waals surface area contributed by atoms with Crippen molar-refractivity contribution in [1.82, 2.24) is 25.1 Å². The largest absolute Gasteiger partial charge is 0.361 e. The molecule has 8 nitrogen and oxygen atoms in total. The summed E-state index contributed by atoms with van der Waals surface area (Å²) >= 11 is 0. The van der Waals surface area contributed by atoms with Crippen molar-refractivity contribution >= 4 is 5.91 Å². The Morgan fingerprint density at radius 3 is 2.76 bits per heavy atom. The summed E-state index contributed by atoms with van der Waals surface area (Å²) in [5.74, 6) is 1.92. The number of amides is 1. The predicted molar refractivity (Wildman–Crippen MR) is 89.9 cm³/mol. The van der Waals surface area contributed by atoms with Crippen LogP contribution in [0.4, 0.5) is 0 Å². The summed E-state index contributed by atoms with van der Waals surface area (Å²) in [5, 5.41) is 7.84. The maximum Gasteiger partial charge on any atom is 0.276 e. The molecule has 1 amide bonds. The first kappa shape index (κ1) is 17.6. The van der Waals surface area contributed by atoms with Gasteiger partial charge in [-0.05, 0) is 32.7 Å². The van der Waals surface area contributed by atoms with Gasteiger partial charge in [-0.2, -0.15) is 4.98 Å². The average Bonchev–Trinajstić information content (AvgIpc) is 3.13. The van der Waals surface area contributed by atoms with Crippen LogP contribution in [-0.2, 0) is 6.54 Å². The van der Waals surface area contributed by atoms with Gasteiger partial charge in [0.25, 0.3) is 5.91 Å². The van der Waals surface area contributed by atoms with E-state index < -0.39 is 0 Å². The topological polar surface area (TPSA) is 88.5 Å². The maximum absolute atomic E-state index is 12.6.